The summed E-state index contributed by atoms with van der Waals surface area (Å²) in [4.78, 5) is 12.4. The SMILES string of the molecule is CCOC(=O)c1c(OC(C)C)cc(OC(C)C)cc1OC(C)C. The third kappa shape index (κ3) is 6.00. The van der Waals surface area contributed by atoms with Gasteiger partial charge in [-0.05, 0) is 48.5 Å². The lowest BCUT2D eigenvalue weighted by Gasteiger charge is -2.21. The zero-order valence-electron chi connectivity index (χ0n) is 15.1. The summed E-state index contributed by atoms with van der Waals surface area (Å²) in [5.74, 6) is 0.953. The molecule has 130 valence electrons. The molecule has 23 heavy (non-hydrogen) atoms. The minimum absolute atomic E-state index is 0.00208. The van der Waals surface area contributed by atoms with Gasteiger partial charge in [-0.25, -0.2) is 4.79 Å². The molecule has 0 heterocycles. The van der Waals surface area contributed by atoms with Crippen molar-refractivity contribution >= 4 is 5.97 Å². The summed E-state index contributed by atoms with van der Waals surface area (Å²) < 4.78 is 22.5. The number of benzene rings is 1. The molecule has 0 spiro atoms. The summed E-state index contributed by atoms with van der Waals surface area (Å²) >= 11 is 0. The van der Waals surface area contributed by atoms with Gasteiger partial charge in [0.15, 0.2) is 0 Å². The fraction of sp³-hybridized carbons (Fsp3) is 0.611. The molecule has 0 fully saturated rings. The van der Waals surface area contributed by atoms with Crippen LogP contribution in [0.25, 0.3) is 0 Å². The highest BCUT2D eigenvalue weighted by molar-refractivity contribution is 5.96. The monoisotopic (exact) mass is 324 g/mol. The Morgan fingerprint density at radius 2 is 1.30 bits per heavy atom. The summed E-state index contributed by atoms with van der Waals surface area (Å²) in [6, 6.07) is 3.42. The molecule has 0 saturated carbocycles. The van der Waals surface area contributed by atoms with Crippen molar-refractivity contribution in [3.05, 3.63) is 17.7 Å². The van der Waals surface area contributed by atoms with E-state index < -0.39 is 5.97 Å². The van der Waals surface area contributed by atoms with Crippen molar-refractivity contribution in [3.8, 4) is 17.2 Å². The maximum Gasteiger partial charge on any atom is 0.345 e. The molecular weight excluding hydrogens is 296 g/mol. The van der Waals surface area contributed by atoms with E-state index in [1.807, 2.05) is 41.5 Å². The van der Waals surface area contributed by atoms with Crippen LogP contribution < -0.4 is 14.2 Å². The Balaban J connectivity index is 3.41. The summed E-state index contributed by atoms with van der Waals surface area (Å²) in [5.41, 5.74) is 0.297. The highest BCUT2D eigenvalue weighted by Gasteiger charge is 2.24. The van der Waals surface area contributed by atoms with E-state index in [1.54, 1.807) is 19.1 Å². The summed E-state index contributed by atoms with van der Waals surface area (Å²) in [7, 11) is 0. The molecule has 1 aromatic carbocycles. The van der Waals surface area contributed by atoms with Gasteiger partial charge in [-0.3, -0.25) is 0 Å². The molecule has 0 N–H and O–H groups in total. The van der Waals surface area contributed by atoms with E-state index in [2.05, 4.69) is 0 Å². The number of hydrogen-bond donors (Lipinski definition) is 0. The van der Waals surface area contributed by atoms with Gasteiger partial charge < -0.3 is 18.9 Å². The summed E-state index contributed by atoms with van der Waals surface area (Å²) in [6.07, 6.45) is -0.184. The first-order valence-electron chi connectivity index (χ1n) is 8.09. The van der Waals surface area contributed by atoms with E-state index in [-0.39, 0.29) is 24.9 Å². The lowest BCUT2D eigenvalue weighted by atomic mass is 10.1. The molecule has 0 bridgehead atoms. The molecule has 0 aliphatic carbocycles. The topological polar surface area (TPSA) is 54.0 Å². The van der Waals surface area contributed by atoms with Crippen LogP contribution in [0.4, 0.5) is 0 Å². The van der Waals surface area contributed by atoms with Crippen LogP contribution in [-0.2, 0) is 4.74 Å². The molecule has 0 atom stereocenters. The molecule has 0 unspecified atom stereocenters. The average molecular weight is 324 g/mol. The van der Waals surface area contributed by atoms with Crippen LogP contribution in [-0.4, -0.2) is 30.9 Å². The van der Waals surface area contributed by atoms with Crippen LogP contribution in [0.1, 0.15) is 58.8 Å². The number of esters is 1. The molecule has 1 aromatic rings. The Morgan fingerprint density at radius 1 is 0.870 bits per heavy atom. The Morgan fingerprint density at radius 3 is 1.65 bits per heavy atom. The maximum atomic E-state index is 12.4. The Bertz CT molecular complexity index is 489. The first-order chi connectivity index (χ1) is 10.7. The van der Waals surface area contributed by atoms with Crippen LogP contribution in [0.2, 0.25) is 0 Å². The Labute approximate surface area is 138 Å². The van der Waals surface area contributed by atoms with Crippen LogP contribution in [0.3, 0.4) is 0 Å². The smallest absolute Gasteiger partial charge is 0.345 e. The minimum atomic E-state index is -0.463. The normalized spacial score (nSPS) is 11.0. The van der Waals surface area contributed by atoms with Crippen molar-refractivity contribution in [1.29, 1.82) is 0 Å². The third-order valence-corrected chi connectivity index (χ3v) is 2.62. The zero-order chi connectivity index (χ0) is 17.6. The van der Waals surface area contributed by atoms with Gasteiger partial charge in [0.05, 0.1) is 24.9 Å². The maximum absolute atomic E-state index is 12.4. The molecular formula is C18H28O5. The number of hydrogen-bond acceptors (Lipinski definition) is 5. The van der Waals surface area contributed by atoms with Gasteiger partial charge in [0.2, 0.25) is 0 Å². The van der Waals surface area contributed by atoms with Gasteiger partial charge in [0.25, 0.3) is 0 Å². The fourth-order valence-corrected chi connectivity index (χ4v) is 2.00. The predicted molar refractivity (Wildman–Crippen MR) is 89.7 cm³/mol. The van der Waals surface area contributed by atoms with E-state index in [4.69, 9.17) is 18.9 Å². The predicted octanol–water partition coefficient (Wildman–Crippen LogP) is 4.22. The Kier molecular flexibility index (Phi) is 7.20. The number of carbonyl (C=O) groups is 1. The van der Waals surface area contributed by atoms with E-state index in [1.165, 1.54) is 0 Å². The second kappa shape index (κ2) is 8.65. The largest absolute Gasteiger partial charge is 0.491 e. The Hall–Kier alpha value is -1.91. The van der Waals surface area contributed by atoms with E-state index in [0.717, 1.165) is 0 Å². The second-order valence-corrected chi connectivity index (χ2v) is 6.01. The van der Waals surface area contributed by atoms with Crippen molar-refractivity contribution in [2.24, 2.45) is 0 Å². The molecule has 1 rings (SSSR count). The quantitative estimate of drug-likeness (QED) is 0.670. The molecule has 0 amide bonds. The molecule has 5 nitrogen and oxygen atoms in total. The fourth-order valence-electron chi connectivity index (χ4n) is 2.00. The highest BCUT2D eigenvalue weighted by Crippen LogP contribution is 2.36. The van der Waals surface area contributed by atoms with Crippen LogP contribution in [0.5, 0.6) is 17.2 Å². The van der Waals surface area contributed by atoms with Crippen molar-refractivity contribution in [2.75, 3.05) is 6.61 Å². The number of carbonyl (C=O) groups excluding carboxylic acids is 1. The van der Waals surface area contributed by atoms with Gasteiger partial charge in [0.1, 0.15) is 22.8 Å². The molecule has 0 aliphatic heterocycles. The van der Waals surface area contributed by atoms with E-state index in [9.17, 15) is 4.79 Å². The van der Waals surface area contributed by atoms with Gasteiger partial charge in [0, 0.05) is 12.1 Å². The van der Waals surface area contributed by atoms with Gasteiger partial charge in [-0.15, -0.1) is 0 Å². The van der Waals surface area contributed by atoms with Gasteiger partial charge >= 0.3 is 5.97 Å². The van der Waals surface area contributed by atoms with E-state index >= 15 is 0 Å². The standard InChI is InChI=1S/C18H28O5/c1-8-20-18(19)17-15(22-12(4)5)9-14(21-11(2)3)10-16(17)23-13(6)7/h9-13H,8H2,1-7H3. The summed E-state index contributed by atoms with van der Waals surface area (Å²) in [5, 5.41) is 0. The van der Waals surface area contributed by atoms with Gasteiger partial charge in [-0.2, -0.15) is 0 Å². The molecule has 0 saturated heterocycles. The second-order valence-electron chi connectivity index (χ2n) is 6.01. The minimum Gasteiger partial charge on any atom is -0.491 e. The first-order valence-corrected chi connectivity index (χ1v) is 8.09. The number of rotatable bonds is 8. The number of ether oxygens (including phenoxy) is 4. The van der Waals surface area contributed by atoms with E-state index in [0.29, 0.717) is 22.8 Å². The van der Waals surface area contributed by atoms with Crippen molar-refractivity contribution < 1.29 is 23.7 Å². The van der Waals surface area contributed by atoms with Crippen LogP contribution in [0, 0.1) is 0 Å². The molecule has 0 radical (unpaired) electrons. The first kappa shape index (κ1) is 19.1. The molecule has 0 aromatic heterocycles. The van der Waals surface area contributed by atoms with Crippen LogP contribution in [0.15, 0.2) is 12.1 Å². The third-order valence-electron chi connectivity index (χ3n) is 2.62. The average Bonchev–Trinajstić information content (AvgIpc) is 2.35. The van der Waals surface area contributed by atoms with Gasteiger partial charge in [-0.1, -0.05) is 0 Å². The van der Waals surface area contributed by atoms with Crippen molar-refractivity contribution in [2.45, 2.75) is 66.8 Å². The molecule has 5 heteroatoms. The summed E-state index contributed by atoms with van der Waals surface area (Å²) in [6.45, 7) is 13.5. The molecule has 0 aliphatic rings. The highest BCUT2D eigenvalue weighted by atomic mass is 16.5. The van der Waals surface area contributed by atoms with Crippen molar-refractivity contribution in [1.82, 2.24) is 0 Å². The lowest BCUT2D eigenvalue weighted by Crippen LogP contribution is -2.16. The lowest BCUT2D eigenvalue weighted by molar-refractivity contribution is 0.0513. The van der Waals surface area contributed by atoms with Crippen molar-refractivity contribution in [3.63, 3.8) is 0 Å². The van der Waals surface area contributed by atoms with Crippen LogP contribution >= 0.6 is 0 Å². The zero-order valence-corrected chi connectivity index (χ0v) is 15.1.